The van der Waals surface area contributed by atoms with E-state index in [0.29, 0.717) is 11.8 Å². The van der Waals surface area contributed by atoms with Crippen molar-refractivity contribution in [2.75, 3.05) is 0 Å². The molecule has 0 rings (SSSR count). The van der Waals surface area contributed by atoms with Gasteiger partial charge in [0.25, 0.3) is 0 Å². The maximum atomic E-state index is 8.33. The molecule has 0 bridgehead atoms. The van der Waals surface area contributed by atoms with E-state index >= 15 is 0 Å². The molecule has 2 atom stereocenters. The van der Waals surface area contributed by atoms with Crippen LogP contribution < -0.4 is 0 Å². The van der Waals surface area contributed by atoms with Gasteiger partial charge in [-0.15, -0.1) is 0 Å². The van der Waals surface area contributed by atoms with Crippen molar-refractivity contribution in [2.24, 2.45) is 23.7 Å². The van der Waals surface area contributed by atoms with Crippen LogP contribution in [-0.4, -0.2) is 0 Å². The summed E-state index contributed by atoms with van der Waals surface area (Å²) >= 11 is 0. The van der Waals surface area contributed by atoms with Crippen LogP contribution in [0.4, 0.5) is 0 Å². The van der Waals surface area contributed by atoms with Gasteiger partial charge in [0.1, 0.15) is 0 Å². The van der Waals surface area contributed by atoms with Crippen molar-refractivity contribution >= 4 is 0 Å². The average molecular weight is 222 g/mol. The van der Waals surface area contributed by atoms with E-state index in [4.69, 9.17) is 10.5 Å². The lowest BCUT2D eigenvalue weighted by molar-refractivity contribution is 0.510. The second kappa shape index (κ2) is 10.5. The molecule has 0 radical (unpaired) electrons. The molecule has 0 spiro atoms. The lowest BCUT2D eigenvalue weighted by Gasteiger charge is -2.03. The van der Waals surface area contributed by atoms with Gasteiger partial charge in [0.15, 0.2) is 0 Å². The van der Waals surface area contributed by atoms with E-state index in [-0.39, 0.29) is 11.8 Å². The highest BCUT2D eigenvalue weighted by Crippen LogP contribution is 2.08. The summed E-state index contributed by atoms with van der Waals surface area (Å²) in [5.41, 5.74) is 0. The second-order valence-corrected chi connectivity index (χ2v) is 5.32. The molecule has 0 amide bonds. The van der Waals surface area contributed by atoms with Gasteiger partial charge in [0, 0.05) is 11.8 Å². The predicted octanol–water partition coefficient (Wildman–Crippen LogP) is 4.38. The minimum Gasteiger partial charge on any atom is -0.198 e. The molecular weight excluding hydrogens is 196 g/mol. The third-order valence-corrected chi connectivity index (χ3v) is 2.09. The van der Waals surface area contributed by atoms with Gasteiger partial charge in [-0.2, -0.15) is 10.5 Å². The van der Waals surface area contributed by atoms with Gasteiger partial charge >= 0.3 is 0 Å². The van der Waals surface area contributed by atoms with Gasteiger partial charge in [-0.05, 0) is 38.5 Å². The van der Waals surface area contributed by atoms with E-state index in [2.05, 4.69) is 39.8 Å². The molecular formula is C14H26N2. The highest BCUT2D eigenvalue weighted by atomic mass is 14.3. The fourth-order valence-corrected chi connectivity index (χ4v) is 1.52. The molecule has 0 aliphatic rings. The summed E-state index contributed by atoms with van der Waals surface area (Å²) in [6, 6.07) is 4.39. The SMILES string of the molecule is CC(C)CC(C)C#N.CC(C)CC(C)C#N. The number of rotatable bonds is 4. The van der Waals surface area contributed by atoms with Gasteiger partial charge in [-0.25, -0.2) is 0 Å². The van der Waals surface area contributed by atoms with E-state index in [1.54, 1.807) is 0 Å². The van der Waals surface area contributed by atoms with Crippen LogP contribution in [0.25, 0.3) is 0 Å². The van der Waals surface area contributed by atoms with E-state index in [1.165, 1.54) is 0 Å². The largest absolute Gasteiger partial charge is 0.198 e. The molecule has 0 N–H and O–H groups in total. The van der Waals surface area contributed by atoms with E-state index in [9.17, 15) is 0 Å². The van der Waals surface area contributed by atoms with Gasteiger partial charge < -0.3 is 0 Å². The molecule has 0 saturated carbocycles. The molecule has 0 aliphatic heterocycles. The first-order valence-electron chi connectivity index (χ1n) is 6.12. The molecule has 2 heteroatoms. The van der Waals surface area contributed by atoms with Crippen LogP contribution in [0.3, 0.4) is 0 Å². The number of hydrogen-bond acceptors (Lipinski definition) is 2. The Morgan fingerprint density at radius 1 is 0.688 bits per heavy atom. The molecule has 0 saturated heterocycles. The van der Waals surface area contributed by atoms with Crippen molar-refractivity contribution in [3.05, 3.63) is 0 Å². The van der Waals surface area contributed by atoms with Crippen LogP contribution in [0.5, 0.6) is 0 Å². The number of nitriles is 2. The predicted molar refractivity (Wildman–Crippen MR) is 68.5 cm³/mol. The highest BCUT2D eigenvalue weighted by molar-refractivity contribution is 4.79. The maximum absolute atomic E-state index is 8.33. The molecule has 2 unspecified atom stereocenters. The minimum atomic E-state index is 0.231. The summed E-state index contributed by atoms with van der Waals surface area (Å²) in [7, 11) is 0. The summed E-state index contributed by atoms with van der Waals surface area (Å²) < 4.78 is 0. The van der Waals surface area contributed by atoms with Crippen molar-refractivity contribution < 1.29 is 0 Å². The molecule has 2 nitrogen and oxygen atoms in total. The van der Waals surface area contributed by atoms with E-state index in [1.807, 2.05) is 13.8 Å². The molecule has 0 aromatic rings. The Bertz CT molecular complexity index is 204. The van der Waals surface area contributed by atoms with Crippen molar-refractivity contribution in [2.45, 2.75) is 54.4 Å². The summed E-state index contributed by atoms with van der Waals surface area (Å²) in [6.45, 7) is 12.4. The van der Waals surface area contributed by atoms with Crippen LogP contribution in [0.2, 0.25) is 0 Å². The Balaban J connectivity index is 0. The molecule has 92 valence electrons. The Labute approximate surface area is 101 Å². The Morgan fingerprint density at radius 3 is 1.00 bits per heavy atom. The van der Waals surface area contributed by atoms with Crippen molar-refractivity contribution in [1.29, 1.82) is 10.5 Å². The Morgan fingerprint density at radius 2 is 0.938 bits per heavy atom. The monoisotopic (exact) mass is 222 g/mol. The second-order valence-electron chi connectivity index (χ2n) is 5.32. The van der Waals surface area contributed by atoms with Gasteiger partial charge in [0.05, 0.1) is 12.1 Å². The van der Waals surface area contributed by atoms with Crippen LogP contribution in [0.1, 0.15) is 54.4 Å². The third kappa shape index (κ3) is 15.5. The first-order chi connectivity index (χ1) is 7.33. The molecule has 0 aliphatic carbocycles. The molecule has 0 aromatic carbocycles. The summed E-state index contributed by atoms with van der Waals surface area (Å²) in [6.07, 6.45) is 2.05. The average Bonchev–Trinajstić information content (AvgIpc) is 2.16. The summed E-state index contributed by atoms with van der Waals surface area (Å²) in [5.74, 6) is 1.78. The number of hydrogen-bond donors (Lipinski definition) is 0. The fraction of sp³-hybridized carbons (Fsp3) is 0.857. The Kier molecular flexibility index (Phi) is 11.4. The van der Waals surface area contributed by atoms with Crippen LogP contribution in [0.15, 0.2) is 0 Å². The molecule has 0 aromatic heterocycles. The number of nitrogens with zero attached hydrogens (tertiary/aromatic N) is 2. The standard InChI is InChI=1S/2C7H13N/c2*1-6(2)4-7(3)5-8/h2*6-7H,4H2,1-3H3. The topological polar surface area (TPSA) is 47.6 Å². The van der Waals surface area contributed by atoms with Crippen LogP contribution >= 0.6 is 0 Å². The van der Waals surface area contributed by atoms with Crippen molar-refractivity contribution in [3.8, 4) is 12.1 Å². The fourth-order valence-electron chi connectivity index (χ4n) is 1.52. The van der Waals surface area contributed by atoms with E-state index in [0.717, 1.165) is 12.8 Å². The van der Waals surface area contributed by atoms with Crippen LogP contribution in [-0.2, 0) is 0 Å². The minimum absolute atomic E-state index is 0.231. The normalized spacial score (nSPS) is 13.4. The van der Waals surface area contributed by atoms with E-state index < -0.39 is 0 Å². The Hall–Kier alpha value is -1.02. The van der Waals surface area contributed by atoms with Gasteiger partial charge in [-0.3, -0.25) is 0 Å². The zero-order valence-electron chi connectivity index (χ0n) is 11.6. The highest BCUT2D eigenvalue weighted by Gasteiger charge is 2.01. The van der Waals surface area contributed by atoms with Gasteiger partial charge in [-0.1, -0.05) is 27.7 Å². The van der Waals surface area contributed by atoms with Crippen molar-refractivity contribution in [1.82, 2.24) is 0 Å². The summed E-state index contributed by atoms with van der Waals surface area (Å²) in [5, 5.41) is 16.7. The van der Waals surface area contributed by atoms with Gasteiger partial charge in [0.2, 0.25) is 0 Å². The lowest BCUT2D eigenvalue weighted by Crippen LogP contribution is -1.95. The van der Waals surface area contributed by atoms with Crippen LogP contribution in [0, 0.1) is 46.3 Å². The molecule has 0 heterocycles. The molecule has 0 fully saturated rings. The quantitative estimate of drug-likeness (QED) is 0.708. The first kappa shape index (κ1) is 17.4. The molecule has 16 heavy (non-hydrogen) atoms. The first-order valence-corrected chi connectivity index (χ1v) is 6.12. The lowest BCUT2D eigenvalue weighted by atomic mass is 10.0. The zero-order valence-corrected chi connectivity index (χ0v) is 11.6. The maximum Gasteiger partial charge on any atom is 0.0652 e. The summed E-state index contributed by atoms with van der Waals surface area (Å²) in [4.78, 5) is 0. The zero-order chi connectivity index (χ0) is 13.1. The third-order valence-electron chi connectivity index (χ3n) is 2.09. The van der Waals surface area contributed by atoms with Crippen molar-refractivity contribution in [3.63, 3.8) is 0 Å². The smallest absolute Gasteiger partial charge is 0.0652 e.